The molecule has 0 radical (unpaired) electrons. The molecule has 2 rings (SSSR count). The van der Waals surface area contributed by atoms with Crippen molar-refractivity contribution in [2.24, 2.45) is 0 Å². The van der Waals surface area contributed by atoms with Gasteiger partial charge in [-0.05, 0) is 44.2 Å². The molecule has 1 aromatic rings. The predicted molar refractivity (Wildman–Crippen MR) is 67.8 cm³/mol. The Bertz CT molecular complexity index is 547. The highest BCUT2D eigenvalue weighted by Gasteiger charge is 2.30. The van der Waals surface area contributed by atoms with Crippen LogP contribution in [-0.2, 0) is 10.0 Å². The quantitative estimate of drug-likeness (QED) is 0.879. The lowest BCUT2D eigenvalue weighted by atomic mass is 10.2. The maximum absolute atomic E-state index is 12.0. The zero-order valence-corrected chi connectivity index (χ0v) is 11.2. The van der Waals surface area contributed by atoms with E-state index in [2.05, 4.69) is 4.72 Å². The number of hydrogen-bond acceptors (Lipinski definition) is 3. The predicted octanol–water partition coefficient (Wildman–Crippen LogP) is 0.829. The lowest BCUT2D eigenvalue weighted by Crippen LogP contribution is -2.28. The molecular weight excluding hydrogens is 252 g/mol. The number of hydrogen-bond donors (Lipinski definition) is 1. The Hall–Kier alpha value is -1.40. The number of sulfonamides is 1. The zero-order chi connectivity index (χ0) is 13.3. The highest BCUT2D eigenvalue weighted by Crippen LogP contribution is 2.26. The number of nitrogens with zero attached hydrogens (tertiary/aromatic N) is 1. The zero-order valence-electron chi connectivity index (χ0n) is 10.4. The highest BCUT2D eigenvalue weighted by molar-refractivity contribution is 7.89. The van der Waals surface area contributed by atoms with Crippen LogP contribution in [-0.4, -0.2) is 39.4 Å². The van der Waals surface area contributed by atoms with E-state index in [0.717, 1.165) is 12.8 Å². The van der Waals surface area contributed by atoms with Gasteiger partial charge in [-0.2, -0.15) is 0 Å². The van der Waals surface area contributed by atoms with Gasteiger partial charge in [0.25, 0.3) is 5.91 Å². The van der Waals surface area contributed by atoms with Crippen LogP contribution in [0.4, 0.5) is 0 Å². The molecule has 5 nitrogen and oxygen atoms in total. The lowest BCUT2D eigenvalue weighted by molar-refractivity contribution is 0.0785. The van der Waals surface area contributed by atoms with E-state index < -0.39 is 10.0 Å². The number of benzene rings is 1. The summed E-state index contributed by atoms with van der Waals surface area (Å²) in [6, 6.07) is 6.33. The molecule has 18 heavy (non-hydrogen) atoms. The van der Waals surface area contributed by atoms with Crippen LogP contribution >= 0.6 is 0 Å². The first-order chi connectivity index (χ1) is 8.45. The normalized spacial score (nSPS) is 15.4. The first kappa shape index (κ1) is 13.0. The van der Waals surface area contributed by atoms with E-state index in [4.69, 9.17) is 0 Å². The summed E-state index contributed by atoms with van der Waals surface area (Å²) < 4.78 is 25.3. The number of nitrogens with one attached hydrogen (secondary N) is 1. The molecule has 1 amide bonds. The molecule has 0 aliphatic heterocycles. The third-order valence-corrected chi connectivity index (χ3v) is 4.53. The van der Waals surface area contributed by atoms with E-state index in [1.165, 1.54) is 19.2 Å². The first-order valence-electron chi connectivity index (χ1n) is 5.76. The molecule has 1 fully saturated rings. The Morgan fingerprint density at radius 3 is 2.28 bits per heavy atom. The van der Waals surface area contributed by atoms with Crippen molar-refractivity contribution >= 4 is 15.9 Å². The van der Waals surface area contributed by atoms with Gasteiger partial charge in [0.2, 0.25) is 10.0 Å². The molecule has 0 saturated heterocycles. The summed E-state index contributed by atoms with van der Waals surface area (Å²) in [7, 11) is -0.307. The van der Waals surface area contributed by atoms with E-state index in [9.17, 15) is 13.2 Å². The topological polar surface area (TPSA) is 66.5 Å². The average Bonchev–Trinajstić information content (AvgIpc) is 3.21. The molecule has 1 aliphatic carbocycles. The maximum atomic E-state index is 12.0. The molecular formula is C12H16N2O3S. The van der Waals surface area contributed by atoms with Gasteiger partial charge in [-0.15, -0.1) is 0 Å². The summed E-state index contributed by atoms with van der Waals surface area (Å²) in [6.45, 7) is 0. The van der Waals surface area contributed by atoms with E-state index in [1.807, 2.05) is 0 Å². The van der Waals surface area contributed by atoms with Crippen LogP contribution in [0.5, 0.6) is 0 Å². The summed E-state index contributed by atoms with van der Waals surface area (Å²) >= 11 is 0. The Morgan fingerprint density at radius 1 is 1.28 bits per heavy atom. The van der Waals surface area contributed by atoms with Crippen LogP contribution in [0.25, 0.3) is 0 Å². The van der Waals surface area contributed by atoms with Crippen LogP contribution in [0, 0.1) is 0 Å². The minimum Gasteiger partial charge on any atom is -0.339 e. The molecule has 98 valence electrons. The average molecular weight is 268 g/mol. The Morgan fingerprint density at radius 2 is 1.83 bits per heavy atom. The lowest BCUT2D eigenvalue weighted by Gasteiger charge is -2.16. The second kappa shape index (κ2) is 4.70. The monoisotopic (exact) mass is 268 g/mol. The van der Waals surface area contributed by atoms with Crippen LogP contribution in [0.3, 0.4) is 0 Å². The van der Waals surface area contributed by atoms with E-state index in [0.29, 0.717) is 11.6 Å². The summed E-state index contributed by atoms with van der Waals surface area (Å²) in [6.07, 6.45) is 2.10. The maximum Gasteiger partial charge on any atom is 0.253 e. The fourth-order valence-electron chi connectivity index (χ4n) is 1.73. The van der Waals surface area contributed by atoms with Crippen LogP contribution in [0.15, 0.2) is 29.2 Å². The Kier molecular flexibility index (Phi) is 3.41. The molecule has 0 bridgehead atoms. The van der Waals surface area contributed by atoms with Gasteiger partial charge in [0, 0.05) is 18.7 Å². The van der Waals surface area contributed by atoms with Crippen LogP contribution < -0.4 is 4.72 Å². The summed E-state index contributed by atoms with van der Waals surface area (Å²) in [4.78, 5) is 13.9. The Balaban J connectivity index is 2.19. The molecule has 1 saturated carbocycles. The van der Waals surface area contributed by atoms with Crippen molar-refractivity contribution in [1.82, 2.24) is 9.62 Å². The third-order valence-electron chi connectivity index (χ3n) is 3.10. The fourth-order valence-corrected chi connectivity index (χ4v) is 2.46. The van der Waals surface area contributed by atoms with E-state index in [1.54, 1.807) is 24.1 Å². The SMILES string of the molecule is CNS(=O)(=O)c1ccc(C(=O)N(C)C2CC2)cc1. The third kappa shape index (κ3) is 2.54. The number of carbonyl (C=O) groups is 1. The molecule has 0 heterocycles. The van der Waals surface area contributed by atoms with Crippen LogP contribution in [0.1, 0.15) is 23.2 Å². The van der Waals surface area contributed by atoms with Crippen molar-refractivity contribution in [2.75, 3.05) is 14.1 Å². The van der Waals surface area contributed by atoms with Crippen LogP contribution in [0.2, 0.25) is 0 Å². The van der Waals surface area contributed by atoms with E-state index >= 15 is 0 Å². The van der Waals surface area contributed by atoms with Gasteiger partial charge >= 0.3 is 0 Å². The molecule has 0 unspecified atom stereocenters. The van der Waals surface area contributed by atoms with Gasteiger partial charge < -0.3 is 4.90 Å². The number of amides is 1. The first-order valence-corrected chi connectivity index (χ1v) is 7.25. The minimum absolute atomic E-state index is 0.0640. The Labute approximate surface area is 107 Å². The smallest absolute Gasteiger partial charge is 0.253 e. The van der Waals surface area contributed by atoms with Crippen molar-refractivity contribution in [3.63, 3.8) is 0 Å². The van der Waals surface area contributed by atoms with E-state index in [-0.39, 0.29) is 10.8 Å². The van der Waals surface area contributed by atoms with Gasteiger partial charge in [-0.25, -0.2) is 13.1 Å². The molecule has 6 heteroatoms. The van der Waals surface area contributed by atoms with Gasteiger partial charge in [0.1, 0.15) is 0 Å². The number of carbonyl (C=O) groups excluding carboxylic acids is 1. The van der Waals surface area contributed by atoms with Crippen molar-refractivity contribution in [1.29, 1.82) is 0 Å². The van der Waals surface area contributed by atoms with Gasteiger partial charge in [-0.3, -0.25) is 4.79 Å². The summed E-state index contributed by atoms with van der Waals surface area (Å²) in [5.41, 5.74) is 0.513. The number of rotatable bonds is 4. The highest BCUT2D eigenvalue weighted by atomic mass is 32.2. The standard InChI is InChI=1S/C12H16N2O3S/c1-13-18(16,17)11-7-3-9(4-8-11)12(15)14(2)10-5-6-10/h3-4,7-8,10,13H,5-6H2,1-2H3. The summed E-state index contributed by atoms with van der Waals surface area (Å²) in [5.74, 6) is -0.0640. The van der Waals surface area contributed by atoms with Crippen molar-refractivity contribution in [3.8, 4) is 0 Å². The molecule has 0 atom stereocenters. The molecule has 1 aliphatic rings. The molecule has 1 aromatic carbocycles. The fraction of sp³-hybridized carbons (Fsp3) is 0.417. The second-order valence-corrected chi connectivity index (χ2v) is 6.27. The van der Waals surface area contributed by atoms with Gasteiger partial charge in [0.05, 0.1) is 4.90 Å². The second-order valence-electron chi connectivity index (χ2n) is 4.38. The minimum atomic E-state index is -3.44. The largest absolute Gasteiger partial charge is 0.339 e. The molecule has 0 aromatic heterocycles. The van der Waals surface area contributed by atoms with Crippen molar-refractivity contribution in [3.05, 3.63) is 29.8 Å². The summed E-state index contributed by atoms with van der Waals surface area (Å²) in [5, 5.41) is 0. The van der Waals surface area contributed by atoms with Crippen molar-refractivity contribution < 1.29 is 13.2 Å². The molecule has 0 spiro atoms. The van der Waals surface area contributed by atoms with Crippen molar-refractivity contribution in [2.45, 2.75) is 23.8 Å². The molecule has 1 N–H and O–H groups in total. The van der Waals surface area contributed by atoms with Gasteiger partial charge in [-0.1, -0.05) is 0 Å². The van der Waals surface area contributed by atoms with Gasteiger partial charge in [0.15, 0.2) is 0 Å².